The average Bonchev–Trinajstić information content (AvgIpc) is 2.24. The summed E-state index contributed by atoms with van der Waals surface area (Å²) in [5.74, 6) is 3.38. The number of rotatable bonds is 4. The molecule has 0 saturated heterocycles. The van der Waals surface area contributed by atoms with Gasteiger partial charge in [-0.3, -0.25) is 0 Å². The van der Waals surface area contributed by atoms with Crippen molar-refractivity contribution in [2.75, 3.05) is 13.2 Å². The van der Waals surface area contributed by atoms with E-state index < -0.39 is 0 Å². The van der Waals surface area contributed by atoms with Gasteiger partial charge in [0.1, 0.15) is 12.4 Å². The van der Waals surface area contributed by atoms with E-state index >= 15 is 0 Å². The molecule has 0 aliphatic carbocycles. The van der Waals surface area contributed by atoms with Gasteiger partial charge in [0, 0.05) is 5.56 Å². The van der Waals surface area contributed by atoms with Crippen LogP contribution in [0.3, 0.4) is 0 Å². The molecular formula is C14H18O2. The summed E-state index contributed by atoms with van der Waals surface area (Å²) < 4.78 is 11.0. The van der Waals surface area contributed by atoms with Crippen LogP contribution in [0.15, 0.2) is 24.3 Å². The normalized spacial score (nSPS) is 10.9. The number of benzene rings is 1. The van der Waals surface area contributed by atoms with Gasteiger partial charge in [0.25, 0.3) is 0 Å². The molecule has 1 aromatic carbocycles. The van der Waals surface area contributed by atoms with Crippen molar-refractivity contribution < 1.29 is 9.47 Å². The lowest BCUT2D eigenvalue weighted by atomic mass is 10.2. The Morgan fingerprint density at radius 3 is 2.25 bits per heavy atom. The third-order valence-corrected chi connectivity index (χ3v) is 1.91. The fourth-order valence-corrected chi connectivity index (χ4v) is 1.15. The van der Waals surface area contributed by atoms with Gasteiger partial charge in [0.2, 0.25) is 0 Å². The SMILES string of the molecule is C#Cc1ccc(OCCOC(C)(C)C)cc1. The molecule has 1 rings (SSSR count). The number of hydrogen-bond donors (Lipinski definition) is 0. The van der Waals surface area contributed by atoms with Gasteiger partial charge in [-0.25, -0.2) is 0 Å². The Morgan fingerprint density at radius 2 is 1.75 bits per heavy atom. The van der Waals surface area contributed by atoms with E-state index in [2.05, 4.69) is 5.92 Å². The number of hydrogen-bond acceptors (Lipinski definition) is 2. The van der Waals surface area contributed by atoms with E-state index in [4.69, 9.17) is 15.9 Å². The molecular weight excluding hydrogens is 200 g/mol. The minimum absolute atomic E-state index is 0.114. The van der Waals surface area contributed by atoms with Crippen LogP contribution in [0.25, 0.3) is 0 Å². The quantitative estimate of drug-likeness (QED) is 0.571. The van der Waals surface area contributed by atoms with Gasteiger partial charge in [-0.15, -0.1) is 6.42 Å². The van der Waals surface area contributed by atoms with Crippen molar-refractivity contribution in [3.63, 3.8) is 0 Å². The maximum absolute atomic E-state index is 5.54. The van der Waals surface area contributed by atoms with Crippen LogP contribution in [0.4, 0.5) is 0 Å². The molecule has 2 heteroatoms. The third-order valence-electron chi connectivity index (χ3n) is 1.91. The molecule has 0 aliphatic heterocycles. The summed E-state index contributed by atoms with van der Waals surface area (Å²) >= 11 is 0. The molecule has 0 unspecified atom stereocenters. The van der Waals surface area contributed by atoms with Crippen molar-refractivity contribution in [3.05, 3.63) is 29.8 Å². The standard InChI is InChI=1S/C14H18O2/c1-5-12-6-8-13(9-7-12)15-10-11-16-14(2,3)4/h1,6-9H,10-11H2,2-4H3. The Balaban J connectivity index is 2.30. The van der Waals surface area contributed by atoms with Crippen molar-refractivity contribution in [1.29, 1.82) is 0 Å². The second-order valence-corrected chi connectivity index (χ2v) is 4.48. The molecule has 0 fully saturated rings. The molecule has 1 aromatic rings. The topological polar surface area (TPSA) is 18.5 Å². The molecule has 0 bridgehead atoms. The average molecular weight is 218 g/mol. The lowest BCUT2D eigenvalue weighted by Gasteiger charge is -2.19. The minimum atomic E-state index is -0.114. The second-order valence-electron chi connectivity index (χ2n) is 4.48. The largest absolute Gasteiger partial charge is 0.491 e. The van der Waals surface area contributed by atoms with Crippen LogP contribution in [0.2, 0.25) is 0 Å². The Bertz CT molecular complexity index is 352. The van der Waals surface area contributed by atoms with Crippen molar-refractivity contribution in [2.24, 2.45) is 0 Å². The molecule has 2 nitrogen and oxygen atoms in total. The monoisotopic (exact) mass is 218 g/mol. The number of ether oxygens (including phenoxy) is 2. The molecule has 0 atom stereocenters. The van der Waals surface area contributed by atoms with E-state index in [-0.39, 0.29) is 5.60 Å². The van der Waals surface area contributed by atoms with Gasteiger partial charge >= 0.3 is 0 Å². The highest BCUT2D eigenvalue weighted by Crippen LogP contribution is 2.12. The van der Waals surface area contributed by atoms with Crippen molar-refractivity contribution >= 4 is 0 Å². The van der Waals surface area contributed by atoms with Crippen molar-refractivity contribution in [1.82, 2.24) is 0 Å². The Hall–Kier alpha value is -1.46. The maximum Gasteiger partial charge on any atom is 0.119 e. The molecule has 0 N–H and O–H groups in total. The van der Waals surface area contributed by atoms with Crippen molar-refractivity contribution in [3.8, 4) is 18.1 Å². The molecule has 86 valence electrons. The zero-order chi connectivity index (χ0) is 12.0. The van der Waals surface area contributed by atoms with Gasteiger partial charge in [-0.2, -0.15) is 0 Å². The zero-order valence-electron chi connectivity index (χ0n) is 10.1. The van der Waals surface area contributed by atoms with Crippen LogP contribution in [-0.4, -0.2) is 18.8 Å². The van der Waals surface area contributed by atoms with Crippen LogP contribution in [0, 0.1) is 12.3 Å². The third kappa shape index (κ3) is 4.86. The first kappa shape index (κ1) is 12.6. The highest BCUT2D eigenvalue weighted by molar-refractivity contribution is 5.36. The fraction of sp³-hybridized carbons (Fsp3) is 0.429. The Morgan fingerprint density at radius 1 is 1.12 bits per heavy atom. The highest BCUT2D eigenvalue weighted by Gasteiger charge is 2.09. The Labute approximate surface area is 97.6 Å². The zero-order valence-corrected chi connectivity index (χ0v) is 10.1. The molecule has 0 aliphatic rings. The fourth-order valence-electron chi connectivity index (χ4n) is 1.15. The van der Waals surface area contributed by atoms with Gasteiger partial charge < -0.3 is 9.47 Å². The predicted octanol–water partition coefficient (Wildman–Crippen LogP) is 2.86. The first-order valence-electron chi connectivity index (χ1n) is 5.35. The predicted molar refractivity (Wildman–Crippen MR) is 65.6 cm³/mol. The number of terminal acetylenes is 1. The van der Waals surface area contributed by atoms with E-state index in [0.29, 0.717) is 13.2 Å². The van der Waals surface area contributed by atoms with Crippen molar-refractivity contribution in [2.45, 2.75) is 26.4 Å². The second kappa shape index (κ2) is 5.58. The molecule has 0 saturated carbocycles. The summed E-state index contributed by atoms with van der Waals surface area (Å²) in [5, 5.41) is 0. The van der Waals surface area contributed by atoms with Gasteiger partial charge in [-0.1, -0.05) is 5.92 Å². The molecule has 0 heterocycles. The van der Waals surface area contributed by atoms with Crippen LogP contribution in [0.1, 0.15) is 26.3 Å². The lowest BCUT2D eigenvalue weighted by Crippen LogP contribution is -2.22. The van der Waals surface area contributed by atoms with Gasteiger partial charge in [0.05, 0.1) is 12.2 Å². The summed E-state index contributed by atoms with van der Waals surface area (Å²) in [6, 6.07) is 7.46. The Kier molecular flexibility index (Phi) is 4.39. The molecule has 0 aromatic heterocycles. The summed E-state index contributed by atoms with van der Waals surface area (Å²) in [4.78, 5) is 0. The smallest absolute Gasteiger partial charge is 0.119 e. The first-order chi connectivity index (χ1) is 7.51. The van der Waals surface area contributed by atoms with Gasteiger partial charge in [0.15, 0.2) is 0 Å². The van der Waals surface area contributed by atoms with E-state index in [1.807, 2.05) is 45.0 Å². The van der Waals surface area contributed by atoms with Crippen LogP contribution in [-0.2, 0) is 4.74 Å². The summed E-state index contributed by atoms with van der Waals surface area (Å²) in [7, 11) is 0. The molecule has 0 amide bonds. The van der Waals surface area contributed by atoms with E-state index in [1.165, 1.54) is 0 Å². The van der Waals surface area contributed by atoms with Crippen LogP contribution < -0.4 is 4.74 Å². The van der Waals surface area contributed by atoms with Crippen LogP contribution in [0.5, 0.6) is 5.75 Å². The maximum atomic E-state index is 5.54. The molecule has 16 heavy (non-hydrogen) atoms. The first-order valence-corrected chi connectivity index (χ1v) is 5.35. The van der Waals surface area contributed by atoms with Gasteiger partial charge in [-0.05, 0) is 45.0 Å². The summed E-state index contributed by atoms with van der Waals surface area (Å²) in [5.41, 5.74) is 0.745. The summed E-state index contributed by atoms with van der Waals surface area (Å²) in [6.45, 7) is 7.20. The summed E-state index contributed by atoms with van der Waals surface area (Å²) in [6.07, 6.45) is 5.26. The highest BCUT2D eigenvalue weighted by atomic mass is 16.5. The van der Waals surface area contributed by atoms with E-state index in [9.17, 15) is 0 Å². The minimum Gasteiger partial charge on any atom is -0.491 e. The van der Waals surface area contributed by atoms with E-state index in [0.717, 1.165) is 11.3 Å². The lowest BCUT2D eigenvalue weighted by molar-refractivity contribution is -0.0163. The molecule has 0 spiro atoms. The van der Waals surface area contributed by atoms with Crippen LogP contribution >= 0.6 is 0 Å². The van der Waals surface area contributed by atoms with E-state index in [1.54, 1.807) is 0 Å². The molecule has 0 radical (unpaired) electrons.